The summed E-state index contributed by atoms with van der Waals surface area (Å²) in [7, 11) is -3.70. The summed E-state index contributed by atoms with van der Waals surface area (Å²) in [5.74, 6) is 0. The number of aliphatic hydroxyl groups excluding tert-OH is 4. The molecule has 0 spiro atoms. The van der Waals surface area contributed by atoms with E-state index in [1.807, 2.05) is 92.7 Å². The lowest BCUT2D eigenvalue weighted by Crippen LogP contribution is -2.11. The third kappa shape index (κ3) is 27.9. The van der Waals surface area contributed by atoms with E-state index in [0.717, 1.165) is 42.7 Å². The van der Waals surface area contributed by atoms with E-state index < -0.39 is 10.1 Å². The Morgan fingerprint density at radius 2 is 0.863 bits per heavy atom. The van der Waals surface area contributed by atoms with Gasteiger partial charge < -0.3 is 34.6 Å². The second-order valence-corrected chi connectivity index (χ2v) is 12.2. The summed E-state index contributed by atoms with van der Waals surface area (Å²) in [5.41, 5.74) is 4.43. The van der Waals surface area contributed by atoms with Crippen LogP contribution in [0.2, 0.25) is 0 Å². The fraction of sp³-hybridized carbons (Fsp3) is 0.400. The molecule has 11 heteroatoms. The molecular weight excluding hydrogens is 672 g/mol. The van der Waals surface area contributed by atoms with Gasteiger partial charge in [-0.1, -0.05) is 123 Å². The molecule has 0 aromatic heterocycles. The predicted octanol–water partition coefficient (Wildman–Crippen LogP) is 6.09. The molecular formula is C40H58O10S. The summed E-state index contributed by atoms with van der Waals surface area (Å²) < 4.78 is 44.6. The minimum Gasteiger partial charge on any atom is -0.396 e. The molecule has 0 atom stereocenters. The number of rotatable bonds is 17. The number of aryl methyl sites for hydroxylation is 1. The molecule has 0 unspecified atom stereocenters. The Kier molecular flexibility index (Phi) is 31.3. The zero-order valence-corrected chi connectivity index (χ0v) is 31.1. The third-order valence-electron chi connectivity index (χ3n) is 6.02. The third-order valence-corrected chi connectivity index (χ3v) is 7.34. The zero-order chi connectivity index (χ0) is 37.8. The Bertz CT molecular complexity index is 1340. The largest absolute Gasteiger partial charge is 0.396 e. The van der Waals surface area contributed by atoms with Gasteiger partial charge in [0.1, 0.15) is 0 Å². The van der Waals surface area contributed by atoms with E-state index in [1.54, 1.807) is 12.1 Å². The molecule has 0 aliphatic rings. The number of hydrogen-bond acceptors (Lipinski definition) is 10. The van der Waals surface area contributed by atoms with Crippen LogP contribution < -0.4 is 0 Å². The van der Waals surface area contributed by atoms with Gasteiger partial charge in [0.2, 0.25) is 0 Å². The minimum absolute atomic E-state index is 0.00302. The van der Waals surface area contributed by atoms with Crippen LogP contribution in [0.4, 0.5) is 0 Å². The first-order valence-corrected chi connectivity index (χ1v) is 18.4. The van der Waals surface area contributed by atoms with E-state index in [9.17, 15) is 8.42 Å². The van der Waals surface area contributed by atoms with Crippen molar-refractivity contribution in [3.63, 3.8) is 0 Å². The average Bonchev–Trinajstić information content (AvgIpc) is 3.17. The van der Waals surface area contributed by atoms with E-state index in [0.29, 0.717) is 26.4 Å². The van der Waals surface area contributed by atoms with Gasteiger partial charge in [0.05, 0.1) is 64.4 Å². The lowest BCUT2D eigenvalue weighted by molar-refractivity contribution is 0.0815. The first kappa shape index (κ1) is 47.5. The van der Waals surface area contributed by atoms with Crippen LogP contribution in [0.1, 0.15) is 48.9 Å². The molecule has 0 bridgehead atoms. The number of ether oxygens (including phenoxy) is 3. The first-order chi connectivity index (χ1) is 24.8. The van der Waals surface area contributed by atoms with E-state index in [-0.39, 0.29) is 37.9 Å². The molecule has 10 nitrogen and oxygen atoms in total. The van der Waals surface area contributed by atoms with Crippen LogP contribution >= 0.6 is 0 Å². The highest BCUT2D eigenvalue weighted by molar-refractivity contribution is 7.86. The van der Waals surface area contributed by atoms with Gasteiger partial charge in [-0.15, -0.1) is 0 Å². The molecule has 0 aliphatic heterocycles. The molecule has 0 saturated carbocycles. The van der Waals surface area contributed by atoms with Crippen LogP contribution in [0.15, 0.2) is 120 Å². The number of benzene rings is 4. The first-order valence-electron chi connectivity index (χ1n) is 17.0. The van der Waals surface area contributed by atoms with Gasteiger partial charge >= 0.3 is 0 Å². The van der Waals surface area contributed by atoms with Crippen LogP contribution in [0.3, 0.4) is 0 Å². The number of hydrogen-bond donors (Lipinski definition) is 4. The van der Waals surface area contributed by atoms with Crippen LogP contribution in [0.25, 0.3) is 0 Å². The highest BCUT2D eigenvalue weighted by Gasteiger charge is 2.14. The second kappa shape index (κ2) is 33.6. The number of aliphatic hydroxyl groups is 4. The van der Waals surface area contributed by atoms with Crippen molar-refractivity contribution in [2.45, 2.75) is 58.3 Å². The van der Waals surface area contributed by atoms with Gasteiger partial charge in [0.15, 0.2) is 0 Å². The van der Waals surface area contributed by atoms with E-state index in [4.69, 9.17) is 38.8 Å². The smallest absolute Gasteiger partial charge is 0.297 e. The van der Waals surface area contributed by atoms with Gasteiger partial charge in [-0.25, -0.2) is 0 Å². The van der Waals surface area contributed by atoms with Gasteiger partial charge in [0, 0.05) is 13.2 Å². The zero-order valence-electron chi connectivity index (χ0n) is 30.3. The van der Waals surface area contributed by atoms with Crippen molar-refractivity contribution >= 4 is 10.1 Å². The molecule has 4 aromatic rings. The van der Waals surface area contributed by atoms with Crippen LogP contribution in [-0.2, 0) is 48.3 Å². The maximum Gasteiger partial charge on any atom is 0.297 e. The fourth-order valence-corrected chi connectivity index (χ4v) is 4.37. The van der Waals surface area contributed by atoms with Crippen molar-refractivity contribution in [1.29, 1.82) is 0 Å². The monoisotopic (exact) mass is 730 g/mol. The lowest BCUT2D eigenvalue weighted by atomic mass is 10.2. The topological polar surface area (TPSA) is 152 Å². The van der Waals surface area contributed by atoms with Gasteiger partial charge in [0.25, 0.3) is 10.1 Å². The lowest BCUT2D eigenvalue weighted by Gasteiger charge is -2.07. The quantitative estimate of drug-likeness (QED) is 0.0743. The van der Waals surface area contributed by atoms with Crippen LogP contribution in [-0.4, -0.2) is 81.7 Å². The Morgan fingerprint density at radius 3 is 1.22 bits per heavy atom. The Morgan fingerprint density at radius 1 is 0.471 bits per heavy atom. The molecule has 0 fully saturated rings. The van der Waals surface area contributed by atoms with Gasteiger partial charge in [-0.05, 0) is 48.6 Å². The summed E-state index contributed by atoms with van der Waals surface area (Å²) in [6.45, 7) is 9.37. The van der Waals surface area contributed by atoms with E-state index in [1.165, 1.54) is 17.7 Å². The second-order valence-electron chi connectivity index (χ2n) is 10.6. The molecule has 4 aromatic carbocycles. The highest BCUT2D eigenvalue weighted by Crippen LogP contribution is 2.13. The Labute approximate surface area is 305 Å². The van der Waals surface area contributed by atoms with Gasteiger partial charge in [-0.2, -0.15) is 8.42 Å². The fourth-order valence-electron chi connectivity index (χ4n) is 3.48. The Balaban J connectivity index is 0.000000705. The summed E-state index contributed by atoms with van der Waals surface area (Å²) in [6, 6.07) is 36.4. The van der Waals surface area contributed by atoms with Crippen molar-refractivity contribution in [1.82, 2.24) is 0 Å². The van der Waals surface area contributed by atoms with E-state index >= 15 is 0 Å². The van der Waals surface area contributed by atoms with Crippen molar-refractivity contribution in [2.24, 2.45) is 0 Å². The summed E-state index contributed by atoms with van der Waals surface area (Å²) in [6.07, 6.45) is 1.97. The molecule has 4 rings (SSSR count). The molecule has 51 heavy (non-hydrogen) atoms. The highest BCUT2D eigenvalue weighted by atomic mass is 32.2. The van der Waals surface area contributed by atoms with Crippen molar-refractivity contribution in [3.05, 3.63) is 138 Å². The molecule has 0 heterocycles. The summed E-state index contributed by atoms with van der Waals surface area (Å²) >= 11 is 0. The minimum atomic E-state index is -3.70. The van der Waals surface area contributed by atoms with Crippen LogP contribution in [0, 0.1) is 6.92 Å². The SMILES string of the molecule is CCCO.CCCOCc1ccccc1.Cc1ccc(S(=O)(=O)OCCOCc2ccccc2)cc1.OCCO.OCCOCc1ccccc1. The van der Waals surface area contributed by atoms with Crippen molar-refractivity contribution in [2.75, 3.05) is 52.9 Å². The molecule has 0 radical (unpaired) electrons. The van der Waals surface area contributed by atoms with Gasteiger partial charge in [-0.3, -0.25) is 4.18 Å². The predicted molar refractivity (Wildman–Crippen MR) is 202 cm³/mol. The summed E-state index contributed by atoms with van der Waals surface area (Å²) in [4.78, 5) is 0.163. The van der Waals surface area contributed by atoms with Crippen molar-refractivity contribution < 1.29 is 47.2 Å². The molecule has 0 aliphatic carbocycles. The van der Waals surface area contributed by atoms with Crippen LogP contribution in [0.5, 0.6) is 0 Å². The molecule has 4 N–H and O–H groups in total. The standard InChI is InChI=1S/C16H18O4S.C10H14O.C9H12O2.C3H8O.C2H6O2/c1-14-7-9-16(10-8-14)21(17,18)20-12-11-19-13-15-5-3-2-4-6-15;1-2-8-11-9-10-6-4-3-5-7-10;10-6-7-11-8-9-4-2-1-3-5-9;1-2-3-4;3-1-2-4/h2-10H,11-13H2,1H3;3-7H,2,8-9H2,1H3;1-5,10H,6-8H2;4H,2-3H2,1H3;3-4H,1-2H2. The molecule has 0 saturated heterocycles. The van der Waals surface area contributed by atoms with E-state index in [2.05, 4.69) is 19.1 Å². The Hall–Kier alpha value is -3.49. The average molecular weight is 731 g/mol. The molecule has 284 valence electrons. The maximum absolute atomic E-state index is 11.9. The maximum atomic E-state index is 11.9. The molecule has 0 amide bonds. The summed E-state index contributed by atoms with van der Waals surface area (Å²) in [5, 5.41) is 31.5. The normalized spacial score (nSPS) is 10.2. The van der Waals surface area contributed by atoms with Crippen molar-refractivity contribution in [3.8, 4) is 0 Å².